The number of carbonyl (C=O) groups is 1. The molecule has 0 fully saturated rings. The average molecular weight is 345 g/mol. The predicted molar refractivity (Wildman–Crippen MR) is 82.4 cm³/mol. The summed E-state index contributed by atoms with van der Waals surface area (Å²) in [7, 11) is 5.53. The van der Waals surface area contributed by atoms with Crippen LogP contribution in [0.15, 0.2) is 22.7 Å². The van der Waals surface area contributed by atoms with Gasteiger partial charge in [-0.15, -0.1) is 0 Å². The highest BCUT2D eigenvalue weighted by Crippen LogP contribution is 2.23. The average Bonchev–Trinajstić information content (AvgIpc) is 2.41. The van der Waals surface area contributed by atoms with Crippen LogP contribution in [0.5, 0.6) is 5.75 Å². The predicted octanol–water partition coefficient (Wildman–Crippen LogP) is 1.77. The smallest absolute Gasteiger partial charge is 0.255 e. The van der Waals surface area contributed by atoms with Crippen LogP contribution in [0, 0.1) is 0 Å². The zero-order chi connectivity index (χ0) is 15.0. The van der Waals surface area contributed by atoms with Crippen molar-refractivity contribution in [2.45, 2.75) is 0 Å². The summed E-state index contributed by atoms with van der Waals surface area (Å²) in [4.78, 5) is 14.1. The standard InChI is InChI=1S/C14H21BrN2O3/c1-17(2)7-9-20-8-6-16-14(18)12-5-4-11(15)10-13(12)19-3/h4-5,10H,6-9H2,1-3H3,(H,16,18). The number of methoxy groups -OCH3 is 1. The van der Waals surface area contributed by atoms with Gasteiger partial charge in [0.05, 0.1) is 25.9 Å². The Labute approximate surface area is 128 Å². The topological polar surface area (TPSA) is 50.8 Å². The normalized spacial score (nSPS) is 10.7. The third kappa shape index (κ3) is 5.90. The van der Waals surface area contributed by atoms with Gasteiger partial charge in [0.1, 0.15) is 5.75 Å². The first kappa shape index (κ1) is 16.9. The van der Waals surface area contributed by atoms with Crippen LogP contribution in [0.2, 0.25) is 0 Å². The first-order valence-corrected chi connectivity index (χ1v) is 7.18. The Morgan fingerprint density at radius 3 is 2.75 bits per heavy atom. The van der Waals surface area contributed by atoms with Crippen molar-refractivity contribution in [3.05, 3.63) is 28.2 Å². The summed E-state index contributed by atoms with van der Waals surface area (Å²) in [5.41, 5.74) is 0.518. The lowest BCUT2D eigenvalue weighted by atomic mass is 10.2. The molecular weight excluding hydrogens is 324 g/mol. The lowest BCUT2D eigenvalue weighted by molar-refractivity contribution is 0.0897. The largest absolute Gasteiger partial charge is 0.496 e. The first-order chi connectivity index (χ1) is 9.54. The molecule has 1 N–H and O–H groups in total. The van der Waals surface area contributed by atoms with Crippen LogP contribution in [-0.4, -0.2) is 58.3 Å². The van der Waals surface area contributed by atoms with E-state index in [1.54, 1.807) is 19.2 Å². The third-order valence-electron chi connectivity index (χ3n) is 2.62. The van der Waals surface area contributed by atoms with E-state index in [2.05, 4.69) is 21.2 Å². The van der Waals surface area contributed by atoms with E-state index in [1.807, 2.05) is 25.1 Å². The van der Waals surface area contributed by atoms with Gasteiger partial charge in [0.2, 0.25) is 0 Å². The van der Waals surface area contributed by atoms with Crippen LogP contribution >= 0.6 is 15.9 Å². The van der Waals surface area contributed by atoms with Crippen molar-refractivity contribution >= 4 is 21.8 Å². The zero-order valence-electron chi connectivity index (χ0n) is 12.1. The maximum atomic E-state index is 12.0. The highest BCUT2D eigenvalue weighted by Gasteiger charge is 2.11. The molecule has 0 saturated heterocycles. The van der Waals surface area contributed by atoms with Gasteiger partial charge in [0, 0.05) is 17.6 Å². The Balaban J connectivity index is 2.36. The number of likely N-dealkylation sites (N-methyl/N-ethyl adjacent to an activating group) is 1. The third-order valence-corrected chi connectivity index (χ3v) is 3.12. The fraction of sp³-hybridized carbons (Fsp3) is 0.500. The Morgan fingerprint density at radius 1 is 1.35 bits per heavy atom. The molecule has 1 aromatic carbocycles. The number of hydrogen-bond acceptors (Lipinski definition) is 4. The van der Waals surface area contributed by atoms with E-state index in [9.17, 15) is 4.79 Å². The van der Waals surface area contributed by atoms with Crippen molar-refractivity contribution in [2.24, 2.45) is 0 Å². The Hall–Kier alpha value is -1.11. The number of amides is 1. The summed E-state index contributed by atoms with van der Waals surface area (Å²) >= 11 is 3.34. The van der Waals surface area contributed by atoms with E-state index in [1.165, 1.54) is 0 Å². The van der Waals surface area contributed by atoms with Gasteiger partial charge >= 0.3 is 0 Å². The molecule has 1 aromatic rings. The van der Waals surface area contributed by atoms with Gasteiger partial charge in [-0.05, 0) is 32.3 Å². The Bertz CT molecular complexity index is 438. The van der Waals surface area contributed by atoms with E-state index in [-0.39, 0.29) is 5.91 Å². The fourth-order valence-corrected chi connectivity index (χ4v) is 1.87. The molecule has 0 unspecified atom stereocenters. The summed E-state index contributed by atoms with van der Waals surface area (Å²) < 4.78 is 11.5. The minimum atomic E-state index is -0.162. The van der Waals surface area contributed by atoms with Crippen LogP contribution < -0.4 is 10.1 Å². The maximum absolute atomic E-state index is 12.0. The Morgan fingerprint density at radius 2 is 2.10 bits per heavy atom. The number of benzene rings is 1. The van der Waals surface area contributed by atoms with Gasteiger partial charge in [-0.25, -0.2) is 0 Å². The SMILES string of the molecule is COc1cc(Br)ccc1C(=O)NCCOCCN(C)C. The number of rotatable bonds is 8. The van der Waals surface area contributed by atoms with Gasteiger partial charge in [-0.2, -0.15) is 0 Å². The van der Waals surface area contributed by atoms with Crippen molar-refractivity contribution < 1.29 is 14.3 Å². The molecule has 20 heavy (non-hydrogen) atoms. The quantitative estimate of drug-likeness (QED) is 0.730. The molecule has 1 rings (SSSR count). The van der Waals surface area contributed by atoms with Gasteiger partial charge in [0.25, 0.3) is 5.91 Å². The van der Waals surface area contributed by atoms with Crippen LogP contribution in [0.1, 0.15) is 10.4 Å². The molecular formula is C14H21BrN2O3. The molecule has 0 saturated carbocycles. The summed E-state index contributed by atoms with van der Waals surface area (Å²) in [6.07, 6.45) is 0. The second-order valence-electron chi connectivity index (χ2n) is 4.52. The van der Waals surface area contributed by atoms with E-state index >= 15 is 0 Å². The molecule has 0 aliphatic rings. The molecule has 0 aliphatic heterocycles. The molecule has 0 bridgehead atoms. The van der Waals surface area contributed by atoms with Crippen molar-refractivity contribution in [2.75, 3.05) is 47.5 Å². The van der Waals surface area contributed by atoms with Crippen molar-refractivity contribution in [3.63, 3.8) is 0 Å². The van der Waals surface area contributed by atoms with E-state index in [4.69, 9.17) is 9.47 Å². The molecule has 0 spiro atoms. The second kappa shape index (κ2) is 8.94. The number of hydrogen-bond donors (Lipinski definition) is 1. The molecule has 0 atom stereocenters. The summed E-state index contributed by atoms with van der Waals surface area (Å²) in [6, 6.07) is 5.30. The van der Waals surface area contributed by atoms with Gasteiger partial charge in [-0.1, -0.05) is 15.9 Å². The maximum Gasteiger partial charge on any atom is 0.255 e. The fourth-order valence-electron chi connectivity index (χ4n) is 1.53. The van der Waals surface area contributed by atoms with Crippen LogP contribution in [0.4, 0.5) is 0 Å². The minimum Gasteiger partial charge on any atom is -0.496 e. The van der Waals surface area contributed by atoms with E-state index < -0.39 is 0 Å². The van der Waals surface area contributed by atoms with Gasteiger partial charge in [-0.3, -0.25) is 4.79 Å². The highest BCUT2D eigenvalue weighted by molar-refractivity contribution is 9.10. The second-order valence-corrected chi connectivity index (χ2v) is 5.43. The van der Waals surface area contributed by atoms with E-state index in [0.717, 1.165) is 11.0 Å². The molecule has 0 radical (unpaired) electrons. The number of nitrogens with one attached hydrogen (secondary N) is 1. The van der Waals surface area contributed by atoms with Crippen molar-refractivity contribution in [3.8, 4) is 5.75 Å². The monoisotopic (exact) mass is 344 g/mol. The lowest BCUT2D eigenvalue weighted by Crippen LogP contribution is -2.28. The van der Waals surface area contributed by atoms with Gasteiger partial charge < -0.3 is 19.7 Å². The van der Waals surface area contributed by atoms with E-state index in [0.29, 0.717) is 31.1 Å². The summed E-state index contributed by atoms with van der Waals surface area (Å²) in [5.74, 6) is 0.385. The number of halogens is 1. The molecule has 5 nitrogen and oxygen atoms in total. The summed E-state index contributed by atoms with van der Waals surface area (Å²) in [5, 5.41) is 2.81. The first-order valence-electron chi connectivity index (χ1n) is 6.39. The number of carbonyl (C=O) groups excluding carboxylic acids is 1. The molecule has 0 heterocycles. The number of nitrogens with zero attached hydrogens (tertiary/aromatic N) is 1. The molecule has 0 aromatic heterocycles. The molecule has 0 aliphatic carbocycles. The molecule has 112 valence electrons. The number of ether oxygens (including phenoxy) is 2. The lowest BCUT2D eigenvalue weighted by Gasteiger charge is -2.11. The minimum absolute atomic E-state index is 0.162. The van der Waals surface area contributed by atoms with Gasteiger partial charge in [0.15, 0.2) is 0 Å². The highest BCUT2D eigenvalue weighted by atomic mass is 79.9. The van der Waals surface area contributed by atoms with Crippen molar-refractivity contribution in [1.29, 1.82) is 0 Å². The van der Waals surface area contributed by atoms with Crippen LogP contribution in [0.3, 0.4) is 0 Å². The summed E-state index contributed by atoms with van der Waals surface area (Å²) in [6.45, 7) is 2.50. The van der Waals surface area contributed by atoms with Crippen molar-refractivity contribution in [1.82, 2.24) is 10.2 Å². The van der Waals surface area contributed by atoms with Crippen LogP contribution in [-0.2, 0) is 4.74 Å². The molecule has 1 amide bonds. The zero-order valence-corrected chi connectivity index (χ0v) is 13.7. The molecule has 6 heteroatoms. The Kier molecular flexibility index (Phi) is 7.58. The van der Waals surface area contributed by atoms with Crippen LogP contribution in [0.25, 0.3) is 0 Å².